The van der Waals surface area contributed by atoms with Crippen molar-refractivity contribution in [1.29, 1.82) is 0 Å². The Hall–Kier alpha value is -1.34. The zero-order valence-corrected chi connectivity index (χ0v) is 12.9. The van der Waals surface area contributed by atoms with Gasteiger partial charge in [-0.15, -0.1) is 0 Å². The molecule has 1 saturated heterocycles. The molecule has 0 spiro atoms. The van der Waals surface area contributed by atoms with Crippen LogP contribution in [-0.4, -0.2) is 31.7 Å². The van der Waals surface area contributed by atoms with Crippen LogP contribution in [0.3, 0.4) is 0 Å². The molecule has 0 aromatic carbocycles. The molecule has 1 unspecified atom stereocenters. The fourth-order valence-electron chi connectivity index (χ4n) is 2.55. The van der Waals surface area contributed by atoms with Gasteiger partial charge in [-0.25, -0.2) is 14.6 Å². The van der Waals surface area contributed by atoms with Gasteiger partial charge in [0.05, 0.1) is 10.5 Å². The summed E-state index contributed by atoms with van der Waals surface area (Å²) in [5, 5.41) is 7.82. The van der Waals surface area contributed by atoms with Crippen LogP contribution < -0.4 is 0 Å². The first-order valence-electron chi connectivity index (χ1n) is 6.73. The van der Waals surface area contributed by atoms with Gasteiger partial charge in [-0.05, 0) is 42.2 Å². The van der Waals surface area contributed by atoms with Crippen LogP contribution in [0.5, 0.6) is 0 Å². The van der Waals surface area contributed by atoms with Crippen molar-refractivity contribution in [3.05, 3.63) is 34.1 Å². The average molecular weight is 338 g/mol. The molecule has 0 bridgehead atoms. The van der Waals surface area contributed by atoms with Crippen LogP contribution in [0.4, 0.5) is 0 Å². The van der Waals surface area contributed by atoms with E-state index in [0.29, 0.717) is 0 Å². The number of aryl methyl sites for hydroxylation is 1. The van der Waals surface area contributed by atoms with E-state index in [1.807, 2.05) is 6.92 Å². The molecule has 1 fully saturated rings. The first kappa shape index (κ1) is 13.6. The molecule has 2 aromatic rings. The smallest absolute Gasteiger partial charge is 0.145 e. The Bertz CT molecular complexity index is 570. The van der Waals surface area contributed by atoms with Crippen LogP contribution in [0.1, 0.15) is 42.5 Å². The molecule has 0 radical (unpaired) electrons. The maximum Gasteiger partial charge on any atom is 0.145 e. The van der Waals surface area contributed by atoms with E-state index in [4.69, 9.17) is 4.63 Å². The molecular formula is C13H16BrN5O. The number of hydrogen-bond donors (Lipinski definition) is 0. The van der Waals surface area contributed by atoms with E-state index in [1.54, 1.807) is 12.4 Å². The van der Waals surface area contributed by atoms with Crippen LogP contribution in [0, 0.1) is 6.92 Å². The highest BCUT2D eigenvalue weighted by atomic mass is 79.9. The van der Waals surface area contributed by atoms with Gasteiger partial charge >= 0.3 is 0 Å². The van der Waals surface area contributed by atoms with Crippen molar-refractivity contribution in [2.75, 3.05) is 6.54 Å². The highest BCUT2D eigenvalue weighted by Crippen LogP contribution is 2.30. The Morgan fingerprint density at radius 3 is 2.80 bits per heavy atom. The summed E-state index contributed by atoms with van der Waals surface area (Å²) in [5.41, 5.74) is 1.75. The third-order valence-electron chi connectivity index (χ3n) is 3.65. The van der Waals surface area contributed by atoms with Gasteiger partial charge in [-0.3, -0.25) is 4.90 Å². The molecule has 3 rings (SSSR count). The second kappa shape index (κ2) is 5.97. The van der Waals surface area contributed by atoms with E-state index in [0.717, 1.165) is 41.2 Å². The lowest BCUT2D eigenvalue weighted by Crippen LogP contribution is -2.34. The largest absolute Gasteiger partial charge is 0.287 e. The van der Waals surface area contributed by atoms with Crippen molar-refractivity contribution in [2.45, 2.75) is 38.8 Å². The fourth-order valence-corrected chi connectivity index (χ4v) is 2.76. The van der Waals surface area contributed by atoms with Gasteiger partial charge in [-0.2, -0.15) is 0 Å². The Morgan fingerprint density at radius 1 is 1.30 bits per heavy atom. The molecule has 1 atom stereocenters. The zero-order chi connectivity index (χ0) is 13.9. The van der Waals surface area contributed by atoms with E-state index >= 15 is 0 Å². The van der Waals surface area contributed by atoms with Crippen LogP contribution in [-0.2, 0) is 6.54 Å². The molecule has 20 heavy (non-hydrogen) atoms. The monoisotopic (exact) mass is 337 g/mol. The molecule has 7 heteroatoms. The number of rotatable bonds is 3. The molecule has 0 saturated carbocycles. The normalized spacial score (nSPS) is 20.2. The standard InChI is InChI=1S/C13H16BrN5O/c1-9-11(18-20-17-9)8-19-5-3-2-4-12(19)13-15-6-10(14)7-16-13/h6-7,12H,2-5,8H2,1H3. The highest BCUT2D eigenvalue weighted by molar-refractivity contribution is 9.10. The number of hydrogen-bond acceptors (Lipinski definition) is 6. The van der Waals surface area contributed by atoms with Gasteiger partial charge in [-0.1, -0.05) is 16.7 Å². The number of halogens is 1. The average Bonchev–Trinajstić information content (AvgIpc) is 2.86. The van der Waals surface area contributed by atoms with Gasteiger partial charge < -0.3 is 0 Å². The first-order valence-corrected chi connectivity index (χ1v) is 7.53. The van der Waals surface area contributed by atoms with Crippen LogP contribution in [0.25, 0.3) is 0 Å². The summed E-state index contributed by atoms with van der Waals surface area (Å²) in [6, 6.07) is 0.243. The maximum absolute atomic E-state index is 4.78. The van der Waals surface area contributed by atoms with Gasteiger partial charge in [0.25, 0.3) is 0 Å². The van der Waals surface area contributed by atoms with Crippen molar-refractivity contribution >= 4 is 15.9 Å². The van der Waals surface area contributed by atoms with Crippen molar-refractivity contribution < 1.29 is 4.63 Å². The van der Waals surface area contributed by atoms with Crippen LogP contribution >= 0.6 is 15.9 Å². The summed E-state index contributed by atoms with van der Waals surface area (Å²) in [7, 11) is 0. The Labute approximate surface area is 125 Å². The number of aromatic nitrogens is 4. The van der Waals surface area contributed by atoms with Crippen LogP contribution in [0.2, 0.25) is 0 Å². The minimum absolute atomic E-state index is 0.243. The summed E-state index contributed by atoms with van der Waals surface area (Å²) >= 11 is 3.37. The quantitative estimate of drug-likeness (QED) is 0.857. The van der Waals surface area contributed by atoms with Crippen molar-refractivity contribution in [2.24, 2.45) is 0 Å². The molecule has 0 N–H and O–H groups in total. The molecule has 6 nitrogen and oxygen atoms in total. The zero-order valence-electron chi connectivity index (χ0n) is 11.3. The van der Waals surface area contributed by atoms with E-state index in [-0.39, 0.29) is 6.04 Å². The van der Waals surface area contributed by atoms with E-state index in [1.165, 1.54) is 12.8 Å². The SMILES string of the molecule is Cc1nonc1CN1CCCCC1c1ncc(Br)cn1. The van der Waals surface area contributed by atoms with Gasteiger partial charge in [0, 0.05) is 18.9 Å². The lowest BCUT2D eigenvalue weighted by Gasteiger charge is -2.33. The molecular weight excluding hydrogens is 322 g/mol. The molecule has 1 aliphatic rings. The molecule has 0 amide bonds. The predicted molar refractivity (Wildman–Crippen MR) is 75.8 cm³/mol. The maximum atomic E-state index is 4.78. The van der Waals surface area contributed by atoms with E-state index in [9.17, 15) is 0 Å². The summed E-state index contributed by atoms with van der Waals surface area (Å²) in [4.78, 5) is 11.2. The van der Waals surface area contributed by atoms with E-state index < -0.39 is 0 Å². The lowest BCUT2D eigenvalue weighted by atomic mass is 10.0. The Kier molecular flexibility index (Phi) is 4.07. The van der Waals surface area contributed by atoms with Crippen molar-refractivity contribution in [3.8, 4) is 0 Å². The van der Waals surface area contributed by atoms with Gasteiger partial charge in [0.15, 0.2) is 0 Å². The first-order chi connectivity index (χ1) is 9.74. The third-order valence-corrected chi connectivity index (χ3v) is 4.06. The predicted octanol–water partition coefficient (Wildman–Crippen LogP) is 2.66. The summed E-state index contributed by atoms with van der Waals surface area (Å²) in [5.74, 6) is 0.877. The summed E-state index contributed by atoms with van der Waals surface area (Å²) in [6.07, 6.45) is 7.08. The number of likely N-dealkylation sites (tertiary alicyclic amines) is 1. The Balaban J connectivity index is 1.80. The third kappa shape index (κ3) is 2.88. The second-order valence-electron chi connectivity index (χ2n) is 5.04. The topological polar surface area (TPSA) is 67.9 Å². The molecule has 3 heterocycles. The summed E-state index contributed by atoms with van der Waals surface area (Å²) < 4.78 is 5.68. The molecule has 106 valence electrons. The molecule has 0 aliphatic carbocycles. The molecule has 1 aliphatic heterocycles. The van der Waals surface area contributed by atoms with Gasteiger partial charge in [0.2, 0.25) is 0 Å². The lowest BCUT2D eigenvalue weighted by molar-refractivity contribution is 0.129. The second-order valence-corrected chi connectivity index (χ2v) is 5.95. The summed E-state index contributed by atoms with van der Waals surface area (Å²) in [6.45, 7) is 3.68. The minimum Gasteiger partial charge on any atom is -0.287 e. The van der Waals surface area contributed by atoms with Crippen molar-refractivity contribution in [1.82, 2.24) is 25.2 Å². The highest BCUT2D eigenvalue weighted by Gasteiger charge is 2.27. The number of nitrogens with zero attached hydrogens (tertiary/aromatic N) is 5. The van der Waals surface area contributed by atoms with Gasteiger partial charge in [0.1, 0.15) is 17.2 Å². The fraction of sp³-hybridized carbons (Fsp3) is 0.538. The minimum atomic E-state index is 0.243. The van der Waals surface area contributed by atoms with E-state index in [2.05, 4.69) is 41.1 Å². The molecule has 2 aromatic heterocycles. The number of piperidine rings is 1. The van der Waals surface area contributed by atoms with Crippen LogP contribution in [0.15, 0.2) is 21.5 Å². The Morgan fingerprint density at radius 2 is 2.10 bits per heavy atom. The van der Waals surface area contributed by atoms with Crippen molar-refractivity contribution in [3.63, 3.8) is 0 Å².